The van der Waals surface area contributed by atoms with Crippen molar-refractivity contribution < 1.29 is 9.59 Å². The smallest absolute Gasteiger partial charge is 0.223 e. The van der Waals surface area contributed by atoms with Gasteiger partial charge in [-0.25, -0.2) is 0 Å². The highest BCUT2D eigenvalue weighted by Crippen LogP contribution is 2.28. The Hall–Kier alpha value is -1.26. The van der Waals surface area contributed by atoms with E-state index in [0.29, 0.717) is 35.3 Å². The molecule has 1 aliphatic carbocycles. The van der Waals surface area contributed by atoms with Crippen molar-refractivity contribution >= 4 is 35.0 Å². The number of carbonyl (C=O) groups is 2. The number of nitrogens with one attached hydrogen (secondary N) is 1. The van der Waals surface area contributed by atoms with Crippen LogP contribution in [0.2, 0.25) is 10.0 Å². The highest BCUT2D eigenvalue weighted by molar-refractivity contribution is 6.35. The molecule has 1 unspecified atom stereocenters. The SMILES string of the molecule is O=C(CC1CCC(=O)N1Cc1ccc(Cl)cc1Cl)NCC1CCCCC1. The molecular formula is C20H26Cl2N2O2. The Labute approximate surface area is 165 Å². The Morgan fingerprint density at radius 3 is 2.65 bits per heavy atom. The van der Waals surface area contributed by atoms with Crippen molar-refractivity contribution in [1.82, 2.24) is 10.2 Å². The van der Waals surface area contributed by atoms with Gasteiger partial charge in [-0.1, -0.05) is 48.5 Å². The number of nitrogens with zero attached hydrogens (tertiary/aromatic N) is 1. The molecule has 6 heteroatoms. The lowest BCUT2D eigenvalue weighted by Crippen LogP contribution is -2.38. The second kappa shape index (κ2) is 9.09. The summed E-state index contributed by atoms with van der Waals surface area (Å²) >= 11 is 12.2. The molecule has 4 nitrogen and oxygen atoms in total. The minimum atomic E-state index is -0.0550. The van der Waals surface area contributed by atoms with Gasteiger partial charge in [-0.3, -0.25) is 9.59 Å². The normalized spacial score (nSPS) is 21.2. The molecule has 0 aromatic heterocycles. The number of rotatable bonds is 6. The van der Waals surface area contributed by atoms with Crippen molar-refractivity contribution in [1.29, 1.82) is 0 Å². The van der Waals surface area contributed by atoms with Crippen LogP contribution in [-0.2, 0) is 16.1 Å². The first-order valence-electron chi connectivity index (χ1n) is 9.53. The van der Waals surface area contributed by atoms with E-state index in [0.717, 1.165) is 18.5 Å². The maximum atomic E-state index is 12.4. The molecule has 1 saturated carbocycles. The average molecular weight is 397 g/mol. The summed E-state index contributed by atoms with van der Waals surface area (Å²) in [6.07, 6.45) is 7.86. The average Bonchev–Trinajstić information content (AvgIpc) is 2.96. The van der Waals surface area contributed by atoms with Crippen LogP contribution in [0.1, 0.15) is 56.9 Å². The summed E-state index contributed by atoms with van der Waals surface area (Å²) in [5.74, 6) is 0.741. The van der Waals surface area contributed by atoms with Gasteiger partial charge in [-0.2, -0.15) is 0 Å². The van der Waals surface area contributed by atoms with Gasteiger partial charge in [0.2, 0.25) is 11.8 Å². The van der Waals surface area contributed by atoms with Crippen LogP contribution in [0.5, 0.6) is 0 Å². The largest absolute Gasteiger partial charge is 0.356 e. The van der Waals surface area contributed by atoms with Gasteiger partial charge in [0.1, 0.15) is 0 Å². The minimum Gasteiger partial charge on any atom is -0.356 e. The Morgan fingerprint density at radius 2 is 1.92 bits per heavy atom. The van der Waals surface area contributed by atoms with E-state index >= 15 is 0 Å². The fourth-order valence-electron chi connectivity index (χ4n) is 3.99. The molecule has 0 spiro atoms. The van der Waals surface area contributed by atoms with Crippen molar-refractivity contribution in [2.45, 2.75) is 64.0 Å². The zero-order chi connectivity index (χ0) is 18.5. The van der Waals surface area contributed by atoms with Crippen molar-refractivity contribution in [3.8, 4) is 0 Å². The van der Waals surface area contributed by atoms with Crippen molar-refractivity contribution in [3.63, 3.8) is 0 Å². The van der Waals surface area contributed by atoms with Crippen molar-refractivity contribution in [2.75, 3.05) is 6.54 Å². The molecule has 1 aromatic carbocycles. The maximum Gasteiger partial charge on any atom is 0.223 e. The topological polar surface area (TPSA) is 49.4 Å². The molecule has 0 bridgehead atoms. The second-order valence-corrected chi connectivity index (χ2v) is 8.31. The fourth-order valence-corrected chi connectivity index (χ4v) is 4.46. The fraction of sp³-hybridized carbons (Fsp3) is 0.600. The molecule has 2 fully saturated rings. The molecule has 0 radical (unpaired) electrons. The lowest BCUT2D eigenvalue weighted by molar-refractivity contribution is -0.130. The number of likely N-dealkylation sites (tertiary alicyclic amines) is 1. The van der Waals surface area contributed by atoms with E-state index in [1.54, 1.807) is 17.0 Å². The van der Waals surface area contributed by atoms with Gasteiger partial charge in [0.25, 0.3) is 0 Å². The first kappa shape index (κ1) is 19.5. The monoisotopic (exact) mass is 396 g/mol. The third-order valence-electron chi connectivity index (χ3n) is 5.54. The second-order valence-electron chi connectivity index (χ2n) is 7.46. The lowest BCUT2D eigenvalue weighted by Gasteiger charge is -2.26. The summed E-state index contributed by atoms with van der Waals surface area (Å²) in [6.45, 7) is 1.19. The van der Waals surface area contributed by atoms with Crippen LogP contribution >= 0.6 is 23.2 Å². The van der Waals surface area contributed by atoms with Crippen LogP contribution in [-0.4, -0.2) is 29.3 Å². The van der Waals surface area contributed by atoms with E-state index in [1.807, 2.05) is 6.07 Å². The maximum absolute atomic E-state index is 12.4. The molecule has 1 heterocycles. The predicted octanol–water partition coefficient (Wildman–Crippen LogP) is 4.57. The Kier molecular flexibility index (Phi) is 6.82. The third kappa shape index (κ3) is 5.14. The van der Waals surface area contributed by atoms with Gasteiger partial charge in [0, 0.05) is 42.0 Å². The van der Waals surface area contributed by atoms with Crippen LogP contribution in [0.25, 0.3) is 0 Å². The summed E-state index contributed by atoms with van der Waals surface area (Å²) in [6, 6.07) is 5.25. The van der Waals surface area contributed by atoms with Crippen molar-refractivity contribution in [2.24, 2.45) is 5.92 Å². The van der Waals surface area contributed by atoms with E-state index in [1.165, 1.54) is 32.1 Å². The Morgan fingerprint density at radius 1 is 1.15 bits per heavy atom. The standard InChI is InChI=1S/C20H26Cl2N2O2/c21-16-7-6-15(18(22)10-16)13-24-17(8-9-20(24)26)11-19(25)23-12-14-4-2-1-3-5-14/h6-7,10,14,17H,1-5,8-9,11-13H2,(H,23,25). The summed E-state index contributed by atoms with van der Waals surface area (Å²) in [5, 5.41) is 4.20. The van der Waals surface area contributed by atoms with Crippen LogP contribution < -0.4 is 5.32 Å². The molecule has 142 valence electrons. The number of hydrogen-bond acceptors (Lipinski definition) is 2. The first-order chi connectivity index (χ1) is 12.5. The highest BCUT2D eigenvalue weighted by atomic mass is 35.5. The molecule has 3 rings (SSSR count). The van der Waals surface area contributed by atoms with E-state index in [4.69, 9.17) is 23.2 Å². The minimum absolute atomic E-state index is 0.0440. The van der Waals surface area contributed by atoms with Gasteiger partial charge in [-0.15, -0.1) is 0 Å². The van der Waals surface area contributed by atoms with Gasteiger partial charge in [-0.05, 0) is 42.9 Å². The Bertz CT molecular complexity index is 659. The molecular weight excluding hydrogens is 371 g/mol. The summed E-state index contributed by atoms with van der Waals surface area (Å²) in [4.78, 5) is 26.4. The molecule has 2 aliphatic rings. The van der Waals surface area contributed by atoms with Crippen LogP contribution in [0.3, 0.4) is 0 Å². The number of hydrogen-bond donors (Lipinski definition) is 1. The summed E-state index contributed by atoms with van der Waals surface area (Å²) in [5.41, 5.74) is 0.860. The van der Waals surface area contributed by atoms with Gasteiger partial charge >= 0.3 is 0 Å². The van der Waals surface area contributed by atoms with Gasteiger partial charge < -0.3 is 10.2 Å². The number of halogens is 2. The molecule has 1 N–H and O–H groups in total. The highest BCUT2D eigenvalue weighted by Gasteiger charge is 2.32. The van der Waals surface area contributed by atoms with E-state index in [9.17, 15) is 9.59 Å². The zero-order valence-electron chi connectivity index (χ0n) is 15.0. The third-order valence-corrected chi connectivity index (χ3v) is 6.13. The van der Waals surface area contributed by atoms with E-state index < -0.39 is 0 Å². The Balaban J connectivity index is 1.54. The number of carbonyl (C=O) groups excluding carboxylic acids is 2. The lowest BCUT2D eigenvalue weighted by atomic mass is 9.89. The van der Waals surface area contributed by atoms with Crippen molar-refractivity contribution in [3.05, 3.63) is 33.8 Å². The summed E-state index contributed by atoms with van der Waals surface area (Å²) in [7, 11) is 0. The quantitative estimate of drug-likeness (QED) is 0.765. The number of benzene rings is 1. The molecule has 26 heavy (non-hydrogen) atoms. The predicted molar refractivity (Wildman–Crippen MR) is 104 cm³/mol. The molecule has 1 saturated heterocycles. The van der Waals surface area contributed by atoms with Gasteiger partial charge in [0.05, 0.1) is 0 Å². The van der Waals surface area contributed by atoms with Crippen LogP contribution in [0, 0.1) is 5.92 Å². The number of amides is 2. The molecule has 1 aliphatic heterocycles. The van der Waals surface area contributed by atoms with Gasteiger partial charge in [0.15, 0.2) is 0 Å². The summed E-state index contributed by atoms with van der Waals surface area (Å²) < 4.78 is 0. The van der Waals surface area contributed by atoms with E-state index in [-0.39, 0.29) is 17.9 Å². The molecule has 1 aromatic rings. The van der Waals surface area contributed by atoms with E-state index in [2.05, 4.69) is 5.32 Å². The molecule has 1 atom stereocenters. The van der Waals surface area contributed by atoms with Crippen LogP contribution in [0.15, 0.2) is 18.2 Å². The first-order valence-corrected chi connectivity index (χ1v) is 10.3. The van der Waals surface area contributed by atoms with Crippen LogP contribution in [0.4, 0.5) is 0 Å². The zero-order valence-corrected chi connectivity index (χ0v) is 16.5. The molecule has 2 amide bonds.